The van der Waals surface area contributed by atoms with Gasteiger partial charge >= 0.3 is 6.03 Å². The number of aryl methyl sites for hydroxylation is 2. The summed E-state index contributed by atoms with van der Waals surface area (Å²) >= 11 is 0. The summed E-state index contributed by atoms with van der Waals surface area (Å²) in [5.41, 5.74) is 4.97. The summed E-state index contributed by atoms with van der Waals surface area (Å²) in [5, 5.41) is 14.2. The van der Waals surface area contributed by atoms with Crippen LogP contribution >= 0.6 is 0 Å². The number of hydrogen-bond donors (Lipinski definition) is 2. The van der Waals surface area contributed by atoms with Crippen LogP contribution in [-0.2, 0) is 23.7 Å². The molecule has 1 saturated heterocycles. The highest BCUT2D eigenvalue weighted by molar-refractivity contribution is 5.90. The summed E-state index contributed by atoms with van der Waals surface area (Å²) in [6, 6.07) is 12.5. The second kappa shape index (κ2) is 10.2. The molecule has 2 amide bonds. The van der Waals surface area contributed by atoms with Crippen LogP contribution in [0.1, 0.15) is 89.5 Å². The summed E-state index contributed by atoms with van der Waals surface area (Å²) in [6.07, 6.45) is 6.27. The molecule has 1 fully saturated rings. The first kappa shape index (κ1) is 25.1. The van der Waals surface area contributed by atoms with E-state index in [0.717, 1.165) is 61.2 Å². The van der Waals surface area contributed by atoms with Crippen molar-refractivity contribution in [3.63, 3.8) is 0 Å². The lowest BCUT2D eigenvalue weighted by molar-refractivity contribution is 0.213. The van der Waals surface area contributed by atoms with E-state index in [0.29, 0.717) is 5.75 Å². The minimum absolute atomic E-state index is 0.0130. The number of hydrogen-bond acceptors (Lipinski definition) is 2. The predicted octanol–water partition coefficient (Wildman–Crippen LogP) is 7.18. The molecule has 4 nitrogen and oxygen atoms in total. The Hall–Kier alpha value is -2.49. The summed E-state index contributed by atoms with van der Waals surface area (Å²) in [5.74, 6) is 0.420. The van der Waals surface area contributed by atoms with Gasteiger partial charge in [-0.3, -0.25) is 0 Å². The molecule has 1 aliphatic heterocycles. The van der Waals surface area contributed by atoms with Crippen molar-refractivity contribution in [3.8, 4) is 5.75 Å². The van der Waals surface area contributed by atoms with Gasteiger partial charge < -0.3 is 15.3 Å². The van der Waals surface area contributed by atoms with Crippen molar-refractivity contribution >= 4 is 11.7 Å². The zero-order valence-corrected chi connectivity index (χ0v) is 21.4. The van der Waals surface area contributed by atoms with E-state index < -0.39 is 0 Å². The number of nitrogens with one attached hydrogen (secondary N) is 1. The number of urea groups is 1. The van der Waals surface area contributed by atoms with Crippen molar-refractivity contribution in [1.29, 1.82) is 0 Å². The number of phenols is 1. The molecule has 0 aliphatic carbocycles. The smallest absolute Gasteiger partial charge is 0.321 e. The van der Waals surface area contributed by atoms with E-state index in [4.69, 9.17) is 0 Å². The van der Waals surface area contributed by atoms with Gasteiger partial charge in [-0.15, -0.1) is 0 Å². The Labute approximate surface area is 200 Å². The SMILES string of the molecule is CC(C)(C)c1cc(CCc2ccccc2NC(=O)N2CCCCCC2)cc(C(C)(C)C)c1O. The Bertz CT molecular complexity index is 923. The van der Waals surface area contributed by atoms with Gasteiger partial charge in [0.25, 0.3) is 0 Å². The molecule has 180 valence electrons. The fraction of sp³-hybridized carbons (Fsp3) is 0.552. The molecule has 0 spiro atoms. The van der Waals surface area contributed by atoms with Crippen molar-refractivity contribution in [1.82, 2.24) is 4.90 Å². The van der Waals surface area contributed by atoms with E-state index in [1.165, 1.54) is 18.4 Å². The van der Waals surface area contributed by atoms with Crippen LogP contribution in [0.4, 0.5) is 10.5 Å². The molecule has 2 aromatic carbocycles. The maximum atomic E-state index is 12.9. The Balaban J connectivity index is 1.81. The summed E-state index contributed by atoms with van der Waals surface area (Å²) in [4.78, 5) is 14.8. The van der Waals surface area contributed by atoms with Gasteiger partial charge in [0.1, 0.15) is 5.75 Å². The topological polar surface area (TPSA) is 52.6 Å². The highest BCUT2D eigenvalue weighted by Gasteiger charge is 2.26. The molecule has 0 saturated carbocycles. The van der Waals surface area contributed by atoms with Crippen LogP contribution in [0.2, 0.25) is 0 Å². The van der Waals surface area contributed by atoms with Gasteiger partial charge in [0.05, 0.1) is 0 Å². The molecule has 1 heterocycles. The number of amides is 2. The first-order valence-corrected chi connectivity index (χ1v) is 12.5. The minimum atomic E-state index is -0.140. The van der Waals surface area contributed by atoms with Gasteiger partial charge in [-0.25, -0.2) is 4.79 Å². The number of aromatic hydroxyl groups is 1. The lowest BCUT2D eigenvalue weighted by Gasteiger charge is -2.28. The van der Waals surface area contributed by atoms with E-state index >= 15 is 0 Å². The maximum Gasteiger partial charge on any atom is 0.321 e. The van der Waals surface area contributed by atoms with Gasteiger partial charge in [0, 0.05) is 18.8 Å². The average molecular weight is 451 g/mol. The van der Waals surface area contributed by atoms with Gasteiger partial charge in [0.2, 0.25) is 0 Å². The van der Waals surface area contributed by atoms with Crippen molar-refractivity contribution in [3.05, 3.63) is 58.7 Å². The first-order chi connectivity index (χ1) is 15.5. The highest BCUT2D eigenvalue weighted by atomic mass is 16.3. The Morgan fingerprint density at radius 2 is 1.42 bits per heavy atom. The number of carbonyl (C=O) groups is 1. The second-order valence-electron chi connectivity index (χ2n) is 11.5. The number of anilines is 1. The number of likely N-dealkylation sites (tertiary alicyclic amines) is 1. The van der Waals surface area contributed by atoms with Gasteiger partial charge in [-0.1, -0.05) is 84.7 Å². The van der Waals surface area contributed by atoms with Crippen molar-refractivity contribution < 1.29 is 9.90 Å². The lowest BCUT2D eigenvalue weighted by atomic mass is 9.78. The van der Waals surface area contributed by atoms with Crippen molar-refractivity contribution in [2.45, 2.75) is 90.9 Å². The average Bonchev–Trinajstić information content (AvgIpc) is 3.02. The van der Waals surface area contributed by atoms with Crippen LogP contribution in [0, 0.1) is 0 Å². The molecule has 0 atom stereocenters. The van der Waals surface area contributed by atoms with Crippen LogP contribution in [0.25, 0.3) is 0 Å². The molecule has 0 aromatic heterocycles. The molecule has 3 rings (SSSR count). The fourth-order valence-electron chi connectivity index (χ4n) is 4.59. The normalized spacial score (nSPS) is 15.3. The third kappa shape index (κ3) is 6.52. The quantitative estimate of drug-likeness (QED) is 0.518. The van der Waals surface area contributed by atoms with Crippen LogP contribution in [0.3, 0.4) is 0 Å². The Kier molecular flexibility index (Phi) is 7.76. The summed E-state index contributed by atoms with van der Waals surface area (Å²) in [7, 11) is 0. The van der Waals surface area contributed by atoms with Crippen LogP contribution < -0.4 is 5.32 Å². The standard InChI is InChI=1S/C29H42N2O2/c1-28(2,3)23-19-21(20-24(26(23)32)29(4,5)6)15-16-22-13-9-10-14-25(22)30-27(33)31-17-11-7-8-12-18-31/h9-10,13-14,19-20,32H,7-8,11-12,15-18H2,1-6H3,(H,30,33). The van der Waals surface area contributed by atoms with E-state index in [1.54, 1.807) is 0 Å². The van der Waals surface area contributed by atoms with Crippen molar-refractivity contribution in [2.75, 3.05) is 18.4 Å². The molecule has 33 heavy (non-hydrogen) atoms. The number of benzene rings is 2. The lowest BCUT2D eigenvalue weighted by Crippen LogP contribution is -2.35. The van der Waals surface area contributed by atoms with Crippen molar-refractivity contribution in [2.24, 2.45) is 0 Å². The molecule has 2 N–H and O–H groups in total. The predicted molar refractivity (Wildman–Crippen MR) is 138 cm³/mol. The number of carbonyl (C=O) groups excluding carboxylic acids is 1. The number of phenolic OH excluding ortho intramolecular Hbond substituents is 1. The monoisotopic (exact) mass is 450 g/mol. The summed E-state index contributed by atoms with van der Waals surface area (Å²) in [6.45, 7) is 14.5. The summed E-state index contributed by atoms with van der Waals surface area (Å²) < 4.78 is 0. The van der Waals surface area contributed by atoms with E-state index in [1.807, 2.05) is 23.1 Å². The molecule has 0 bridgehead atoms. The molecule has 2 aromatic rings. The van der Waals surface area contributed by atoms with Crippen LogP contribution in [0.15, 0.2) is 36.4 Å². The van der Waals surface area contributed by atoms with E-state index in [2.05, 4.69) is 65.1 Å². The van der Waals surface area contributed by atoms with E-state index in [9.17, 15) is 9.90 Å². The molecular weight excluding hydrogens is 408 g/mol. The maximum absolute atomic E-state index is 12.9. The third-order valence-corrected chi connectivity index (χ3v) is 6.62. The second-order valence-corrected chi connectivity index (χ2v) is 11.5. The van der Waals surface area contributed by atoms with Gasteiger partial charge in [0.15, 0.2) is 0 Å². The molecule has 0 radical (unpaired) electrons. The third-order valence-electron chi connectivity index (χ3n) is 6.62. The molecule has 4 heteroatoms. The molecule has 0 unspecified atom stereocenters. The van der Waals surface area contributed by atoms with Gasteiger partial charge in [-0.2, -0.15) is 0 Å². The highest BCUT2D eigenvalue weighted by Crippen LogP contribution is 2.40. The fourth-order valence-corrected chi connectivity index (χ4v) is 4.59. The Morgan fingerprint density at radius 1 is 0.879 bits per heavy atom. The van der Waals surface area contributed by atoms with E-state index in [-0.39, 0.29) is 16.9 Å². The zero-order valence-electron chi connectivity index (χ0n) is 21.4. The largest absolute Gasteiger partial charge is 0.507 e. The minimum Gasteiger partial charge on any atom is -0.507 e. The zero-order chi connectivity index (χ0) is 24.2. The first-order valence-electron chi connectivity index (χ1n) is 12.5. The Morgan fingerprint density at radius 3 is 1.97 bits per heavy atom. The van der Waals surface area contributed by atoms with Crippen LogP contribution in [0.5, 0.6) is 5.75 Å². The van der Waals surface area contributed by atoms with Gasteiger partial charge in [-0.05, 0) is 64.8 Å². The van der Waals surface area contributed by atoms with Crippen LogP contribution in [-0.4, -0.2) is 29.1 Å². The molecular formula is C29H42N2O2. The number of rotatable bonds is 4. The number of para-hydroxylation sites is 1. The number of nitrogens with zero attached hydrogens (tertiary/aromatic N) is 1. The molecule has 1 aliphatic rings.